The van der Waals surface area contributed by atoms with Gasteiger partial charge in [0.15, 0.2) is 0 Å². The Balaban J connectivity index is 1.98. The lowest BCUT2D eigenvalue weighted by molar-refractivity contribution is 0.463. The molecule has 2 aliphatic rings. The van der Waals surface area contributed by atoms with Gasteiger partial charge >= 0.3 is 0 Å². The summed E-state index contributed by atoms with van der Waals surface area (Å²) in [5, 5.41) is 0. The Kier molecular flexibility index (Phi) is 2.34. The van der Waals surface area contributed by atoms with Gasteiger partial charge in [-0.15, -0.1) is 0 Å². The van der Waals surface area contributed by atoms with Crippen LogP contribution in [0, 0.1) is 29.6 Å². The highest BCUT2D eigenvalue weighted by Crippen LogP contribution is 2.59. The van der Waals surface area contributed by atoms with Crippen molar-refractivity contribution < 1.29 is 0 Å². The molecule has 84 valence electrons. The van der Waals surface area contributed by atoms with Gasteiger partial charge in [-0.25, -0.2) is 0 Å². The van der Waals surface area contributed by atoms with Gasteiger partial charge in [-0.3, -0.25) is 0 Å². The summed E-state index contributed by atoms with van der Waals surface area (Å²) in [7, 11) is 0. The Morgan fingerprint density at radius 3 is 2.56 bits per heavy atom. The second-order valence-corrected chi connectivity index (χ2v) is 5.87. The minimum absolute atomic E-state index is 0.303. The SMILES string of the molecule is CC1(C)[CH]C2CCCC2[C]1c1ccccc1. The Labute approximate surface area is 99.1 Å². The van der Waals surface area contributed by atoms with E-state index in [4.69, 9.17) is 0 Å². The predicted octanol–water partition coefficient (Wildman–Crippen LogP) is 4.27. The highest BCUT2D eigenvalue weighted by Gasteiger charge is 2.50. The number of rotatable bonds is 1. The molecule has 0 aliphatic heterocycles. The van der Waals surface area contributed by atoms with Gasteiger partial charge in [0.05, 0.1) is 0 Å². The van der Waals surface area contributed by atoms with Crippen molar-refractivity contribution in [2.75, 3.05) is 0 Å². The van der Waals surface area contributed by atoms with Crippen LogP contribution in [0.15, 0.2) is 30.3 Å². The summed E-state index contributed by atoms with van der Waals surface area (Å²) in [5.41, 5.74) is 1.77. The molecule has 0 N–H and O–H groups in total. The first kappa shape index (κ1) is 10.4. The normalized spacial score (nSPS) is 32.9. The third-order valence-electron chi connectivity index (χ3n) is 4.35. The van der Waals surface area contributed by atoms with Gasteiger partial charge in [-0.1, -0.05) is 50.6 Å². The van der Waals surface area contributed by atoms with Crippen LogP contribution < -0.4 is 0 Å². The van der Waals surface area contributed by atoms with Crippen molar-refractivity contribution in [2.24, 2.45) is 17.3 Å². The van der Waals surface area contributed by atoms with E-state index in [0.29, 0.717) is 5.41 Å². The average molecular weight is 212 g/mol. The maximum Gasteiger partial charge on any atom is 0.0143 e. The van der Waals surface area contributed by atoms with Crippen LogP contribution in [-0.2, 0) is 0 Å². The summed E-state index contributed by atoms with van der Waals surface area (Å²) in [6.45, 7) is 4.77. The first-order valence-electron chi connectivity index (χ1n) is 6.47. The molecule has 0 aromatic heterocycles. The fourth-order valence-electron chi connectivity index (χ4n) is 3.85. The molecule has 1 aromatic carbocycles. The molecule has 0 heterocycles. The standard InChI is InChI=1S/C16H20/c1-16(2)11-13-9-6-10-14(13)15(16)12-7-4-3-5-8-12/h3-5,7-8,11,13-14H,6,9-10H2,1-2H3. The molecule has 0 heteroatoms. The second kappa shape index (κ2) is 3.61. The summed E-state index contributed by atoms with van der Waals surface area (Å²) in [6, 6.07) is 11.0. The lowest BCUT2D eigenvalue weighted by atomic mass is 9.74. The molecule has 2 aliphatic carbocycles. The molecule has 2 saturated carbocycles. The fraction of sp³-hybridized carbons (Fsp3) is 0.500. The molecule has 0 saturated heterocycles. The third kappa shape index (κ3) is 1.50. The summed E-state index contributed by atoms with van der Waals surface area (Å²) in [5.74, 6) is 3.37. The van der Waals surface area contributed by atoms with Crippen molar-refractivity contribution in [1.82, 2.24) is 0 Å². The van der Waals surface area contributed by atoms with Crippen LogP contribution in [0.2, 0.25) is 0 Å². The lowest BCUT2D eigenvalue weighted by Crippen LogP contribution is -2.21. The van der Waals surface area contributed by atoms with E-state index in [9.17, 15) is 0 Å². The van der Waals surface area contributed by atoms with Crippen LogP contribution in [0.25, 0.3) is 0 Å². The summed E-state index contributed by atoms with van der Waals surface area (Å²) in [6.07, 6.45) is 6.82. The fourth-order valence-corrected chi connectivity index (χ4v) is 3.85. The quantitative estimate of drug-likeness (QED) is 0.652. The zero-order valence-corrected chi connectivity index (χ0v) is 10.2. The van der Waals surface area contributed by atoms with E-state index >= 15 is 0 Å². The van der Waals surface area contributed by atoms with Crippen molar-refractivity contribution in [3.63, 3.8) is 0 Å². The van der Waals surface area contributed by atoms with E-state index in [0.717, 1.165) is 11.8 Å². The second-order valence-electron chi connectivity index (χ2n) is 5.87. The van der Waals surface area contributed by atoms with E-state index in [1.54, 1.807) is 5.92 Å². The highest BCUT2D eigenvalue weighted by atomic mass is 14.5. The largest absolute Gasteiger partial charge is 0.0622 e. The number of benzene rings is 1. The van der Waals surface area contributed by atoms with Crippen LogP contribution in [0.3, 0.4) is 0 Å². The Hall–Kier alpha value is -0.780. The van der Waals surface area contributed by atoms with Crippen LogP contribution in [0.4, 0.5) is 0 Å². The minimum Gasteiger partial charge on any atom is -0.0622 e. The molecule has 2 atom stereocenters. The molecule has 16 heavy (non-hydrogen) atoms. The van der Waals surface area contributed by atoms with Gasteiger partial charge in [-0.2, -0.15) is 0 Å². The van der Waals surface area contributed by atoms with Crippen molar-refractivity contribution in [1.29, 1.82) is 0 Å². The molecular weight excluding hydrogens is 192 g/mol. The van der Waals surface area contributed by atoms with Gasteiger partial charge in [0.25, 0.3) is 0 Å². The smallest absolute Gasteiger partial charge is 0.0143 e. The molecule has 0 bridgehead atoms. The molecule has 2 unspecified atom stereocenters. The number of hydrogen-bond acceptors (Lipinski definition) is 0. The van der Waals surface area contributed by atoms with Crippen molar-refractivity contribution in [3.05, 3.63) is 48.2 Å². The van der Waals surface area contributed by atoms with Gasteiger partial charge in [-0.05, 0) is 42.1 Å². The van der Waals surface area contributed by atoms with Crippen LogP contribution in [-0.4, -0.2) is 0 Å². The van der Waals surface area contributed by atoms with E-state index in [1.807, 2.05) is 0 Å². The molecule has 0 amide bonds. The van der Waals surface area contributed by atoms with Crippen molar-refractivity contribution >= 4 is 0 Å². The zero-order chi connectivity index (χ0) is 11.2. The molecule has 2 radical (unpaired) electrons. The monoisotopic (exact) mass is 212 g/mol. The highest BCUT2D eigenvalue weighted by molar-refractivity contribution is 5.42. The van der Waals surface area contributed by atoms with Crippen LogP contribution in [0.5, 0.6) is 0 Å². The molecular formula is C16H20. The van der Waals surface area contributed by atoms with Crippen LogP contribution in [0.1, 0.15) is 38.7 Å². The van der Waals surface area contributed by atoms with Gasteiger partial charge in [0.2, 0.25) is 0 Å². The number of hydrogen-bond donors (Lipinski definition) is 0. The van der Waals surface area contributed by atoms with E-state index in [-0.39, 0.29) is 0 Å². The van der Waals surface area contributed by atoms with E-state index in [1.165, 1.54) is 24.8 Å². The Morgan fingerprint density at radius 1 is 1.06 bits per heavy atom. The summed E-state index contributed by atoms with van der Waals surface area (Å²) in [4.78, 5) is 0. The minimum atomic E-state index is 0.303. The number of fused-ring (bicyclic) bond motifs is 1. The van der Waals surface area contributed by atoms with Gasteiger partial charge in [0.1, 0.15) is 0 Å². The predicted molar refractivity (Wildman–Crippen MR) is 67.7 cm³/mol. The maximum absolute atomic E-state index is 2.60. The van der Waals surface area contributed by atoms with E-state index < -0.39 is 0 Å². The molecule has 0 spiro atoms. The van der Waals surface area contributed by atoms with Crippen molar-refractivity contribution in [3.8, 4) is 0 Å². The van der Waals surface area contributed by atoms with Crippen molar-refractivity contribution in [2.45, 2.75) is 33.1 Å². The molecule has 3 rings (SSSR count). The summed E-state index contributed by atoms with van der Waals surface area (Å²) < 4.78 is 0. The van der Waals surface area contributed by atoms with Gasteiger partial charge in [0, 0.05) is 5.92 Å². The van der Waals surface area contributed by atoms with Gasteiger partial charge < -0.3 is 0 Å². The zero-order valence-electron chi connectivity index (χ0n) is 10.2. The first-order chi connectivity index (χ1) is 7.68. The molecule has 0 nitrogen and oxygen atoms in total. The molecule has 1 aromatic rings. The first-order valence-corrected chi connectivity index (χ1v) is 6.47. The topological polar surface area (TPSA) is 0 Å². The summed E-state index contributed by atoms with van der Waals surface area (Å²) >= 11 is 0. The lowest BCUT2D eigenvalue weighted by Gasteiger charge is -2.30. The Bertz CT molecular complexity index is 363. The average Bonchev–Trinajstić information content (AvgIpc) is 2.75. The molecule has 2 fully saturated rings. The van der Waals surface area contributed by atoms with E-state index in [2.05, 4.69) is 50.6 Å². The maximum atomic E-state index is 2.60. The Morgan fingerprint density at radius 2 is 1.81 bits per heavy atom. The van der Waals surface area contributed by atoms with Crippen LogP contribution >= 0.6 is 0 Å². The third-order valence-corrected chi connectivity index (χ3v) is 4.35.